The highest BCUT2D eigenvalue weighted by atomic mass is 32.2. The summed E-state index contributed by atoms with van der Waals surface area (Å²) in [7, 11) is 1.97. The van der Waals surface area contributed by atoms with Crippen LogP contribution in [0.2, 0.25) is 0 Å². The lowest BCUT2D eigenvalue weighted by molar-refractivity contribution is -0.129. The number of nitrogens with one attached hydrogen (secondary N) is 1. The SMILES string of the molecule is CNC1CCCN(C(=O)CSCc2ccccn2)C1. The monoisotopic (exact) mass is 279 g/mol. The Labute approximate surface area is 119 Å². The second kappa shape index (κ2) is 7.50. The molecule has 2 rings (SSSR count). The van der Waals surface area contributed by atoms with Crippen LogP contribution in [0.25, 0.3) is 0 Å². The first-order chi connectivity index (χ1) is 9.29. The molecule has 2 heterocycles. The number of thioether (sulfide) groups is 1. The molecule has 0 aromatic carbocycles. The summed E-state index contributed by atoms with van der Waals surface area (Å²) in [6.45, 7) is 1.75. The highest BCUT2D eigenvalue weighted by molar-refractivity contribution is 7.99. The van der Waals surface area contributed by atoms with Gasteiger partial charge in [-0.15, -0.1) is 11.8 Å². The second-order valence-corrected chi connectivity index (χ2v) is 5.77. The van der Waals surface area contributed by atoms with Crippen molar-refractivity contribution < 1.29 is 4.79 Å². The Kier molecular flexibility index (Phi) is 5.66. The quantitative estimate of drug-likeness (QED) is 0.888. The summed E-state index contributed by atoms with van der Waals surface area (Å²) >= 11 is 1.64. The molecule has 1 amide bonds. The summed E-state index contributed by atoms with van der Waals surface area (Å²) in [6.07, 6.45) is 4.06. The maximum Gasteiger partial charge on any atom is 0.232 e. The van der Waals surface area contributed by atoms with Gasteiger partial charge in [0.2, 0.25) is 5.91 Å². The van der Waals surface area contributed by atoms with Crippen molar-refractivity contribution in [1.29, 1.82) is 0 Å². The number of likely N-dealkylation sites (N-methyl/N-ethyl adjacent to an activating group) is 1. The van der Waals surface area contributed by atoms with Crippen molar-refractivity contribution in [3.8, 4) is 0 Å². The Morgan fingerprint density at radius 1 is 1.58 bits per heavy atom. The van der Waals surface area contributed by atoms with Gasteiger partial charge in [-0.3, -0.25) is 9.78 Å². The van der Waals surface area contributed by atoms with E-state index in [1.165, 1.54) is 6.42 Å². The van der Waals surface area contributed by atoms with E-state index in [-0.39, 0.29) is 5.91 Å². The first-order valence-electron chi connectivity index (χ1n) is 6.72. The minimum Gasteiger partial charge on any atom is -0.340 e. The van der Waals surface area contributed by atoms with Gasteiger partial charge < -0.3 is 10.2 Å². The standard InChI is InChI=1S/C14H21N3OS/c1-15-12-6-4-8-17(9-12)14(18)11-19-10-13-5-2-3-7-16-13/h2-3,5,7,12,15H,4,6,8-11H2,1H3. The van der Waals surface area contributed by atoms with Crippen LogP contribution in [0.1, 0.15) is 18.5 Å². The molecule has 1 unspecified atom stereocenters. The fraction of sp³-hybridized carbons (Fsp3) is 0.571. The van der Waals surface area contributed by atoms with Crippen LogP contribution in [0.3, 0.4) is 0 Å². The number of carbonyl (C=O) groups excluding carboxylic acids is 1. The summed E-state index contributed by atoms with van der Waals surface area (Å²) in [6, 6.07) is 6.34. The number of piperidine rings is 1. The van der Waals surface area contributed by atoms with Gasteiger partial charge in [0.1, 0.15) is 0 Å². The van der Waals surface area contributed by atoms with Crippen LogP contribution in [0.4, 0.5) is 0 Å². The van der Waals surface area contributed by atoms with E-state index in [2.05, 4.69) is 10.3 Å². The molecule has 0 spiro atoms. The third kappa shape index (κ3) is 4.51. The van der Waals surface area contributed by atoms with E-state index in [0.29, 0.717) is 11.8 Å². The predicted molar refractivity (Wildman–Crippen MR) is 79.1 cm³/mol. The zero-order chi connectivity index (χ0) is 13.5. The minimum atomic E-state index is 0.251. The maximum atomic E-state index is 12.1. The number of amides is 1. The van der Waals surface area contributed by atoms with Crippen molar-refractivity contribution in [2.45, 2.75) is 24.6 Å². The van der Waals surface area contributed by atoms with E-state index in [9.17, 15) is 4.79 Å². The highest BCUT2D eigenvalue weighted by Crippen LogP contribution is 2.14. The van der Waals surface area contributed by atoms with Gasteiger partial charge in [-0.05, 0) is 32.0 Å². The van der Waals surface area contributed by atoms with Crippen LogP contribution < -0.4 is 5.32 Å². The molecule has 0 saturated carbocycles. The van der Waals surface area contributed by atoms with Crippen molar-refractivity contribution in [2.24, 2.45) is 0 Å². The average Bonchev–Trinajstić information content (AvgIpc) is 2.48. The molecule has 0 aliphatic carbocycles. The molecule has 5 heteroatoms. The molecular weight excluding hydrogens is 258 g/mol. The normalized spacial score (nSPS) is 19.4. The predicted octanol–water partition coefficient (Wildman–Crippen LogP) is 1.53. The molecule has 1 fully saturated rings. The van der Waals surface area contributed by atoms with Crippen molar-refractivity contribution in [3.63, 3.8) is 0 Å². The van der Waals surface area contributed by atoms with Gasteiger partial charge in [0.25, 0.3) is 0 Å². The number of hydrogen-bond donors (Lipinski definition) is 1. The Bertz CT molecular complexity index is 399. The molecule has 1 saturated heterocycles. The summed E-state index contributed by atoms with van der Waals surface area (Å²) in [5.74, 6) is 1.60. The van der Waals surface area contributed by atoms with E-state index >= 15 is 0 Å². The first kappa shape index (κ1) is 14.3. The van der Waals surface area contributed by atoms with Crippen LogP contribution in [-0.4, -0.2) is 47.7 Å². The summed E-state index contributed by atoms with van der Waals surface area (Å²) < 4.78 is 0. The zero-order valence-electron chi connectivity index (χ0n) is 11.3. The fourth-order valence-electron chi connectivity index (χ4n) is 2.26. The Hall–Kier alpha value is -1.07. The van der Waals surface area contributed by atoms with Gasteiger partial charge in [-0.1, -0.05) is 6.07 Å². The molecule has 1 aliphatic rings. The topological polar surface area (TPSA) is 45.2 Å². The molecule has 0 bridgehead atoms. The van der Waals surface area contributed by atoms with E-state index in [1.807, 2.05) is 30.1 Å². The summed E-state index contributed by atoms with van der Waals surface area (Å²) in [4.78, 5) is 18.3. The summed E-state index contributed by atoms with van der Waals surface area (Å²) in [5.41, 5.74) is 1.03. The Morgan fingerprint density at radius 3 is 3.21 bits per heavy atom. The van der Waals surface area contributed by atoms with Crippen LogP contribution in [-0.2, 0) is 10.5 Å². The van der Waals surface area contributed by atoms with Gasteiger partial charge in [-0.25, -0.2) is 0 Å². The first-order valence-corrected chi connectivity index (χ1v) is 7.87. The lowest BCUT2D eigenvalue weighted by Gasteiger charge is -2.32. The smallest absolute Gasteiger partial charge is 0.232 e. The van der Waals surface area contributed by atoms with Crippen LogP contribution in [0, 0.1) is 0 Å². The van der Waals surface area contributed by atoms with E-state index in [1.54, 1.807) is 18.0 Å². The number of likely N-dealkylation sites (tertiary alicyclic amines) is 1. The molecule has 1 aliphatic heterocycles. The zero-order valence-corrected chi connectivity index (χ0v) is 12.2. The van der Waals surface area contributed by atoms with Crippen molar-refractivity contribution >= 4 is 17.7 Å². The molecule has 4 nitrogen and oxygen atoms in total. The second-order valence-electron chi connectivity index (χ2n) is 4.78. The average molecular weight is 279 g/mol. The molecule has 1 atom stereocenters. The van der Waals surface area contributed by atoms with Gasteiger partial charge >= 0.3 is 0 Å². The maximum absolute atomic E-state index is 12.1. The highest BCUT2D eigenvalue weighted by Gasteiger charge is 2.22. The van der Waals surface area contributed by atoms with Crippen LogP contribution in [0.5, 0.6) is 0 Å². The van der Waals surface area contributed by atoms with Crippen molar-refractivity contribution in [1.82, 2.24) is 15.2 Å². The number of rotatable bonds is 5. The minimum absolute atomic E-state index is 0.251. The molecule has 1 aromatic heterocycles. The van der Waals surface area contributed by atoms with Gasteiger partial charge in [0.05, 0.1) is 11.4 Å². The molecule has 104 valence electrons. The van der Waals surface area contributed by atoms with E-state index in [0.717, 1.165) is 31.0 Å². The molecule has 1 N–H and O–H groups in total. The van der Waals surface area contributed by atoms with Crippen molar-refractivity contribution in [2.75, 3.05) is 25.9 Å². The third-order valence-electron chi connectivity index (χ3n) is 3.38. The number of pyridine rings is 1. The molecule has 0 radical (unpaired) electrons. The van der Waals surface area contributed by atoms with Crippen LogP contribution >= 0.6 is 11.8 Å². The number of aromatic nitrogens is 1. The summed E-state index contributed by atoms with van der Waals surface area (Å²) in [5, 5.41) is 3.26. The van der Waals surface area contributed by atoms with E-state index in [4.69, 9.17) is 0 Å². The van der Waals surface area contributed by atoms with Crippen molar-refractivity contribution in [3.05, 3.63) is 30.1 Å². The number of hydrogen-bond acceptors (Lipinski definition) is 4. The molecule has 1 aromatic rings. The van der Waals surface area contributed by atoms with E-state index < -0.39 is 0 Å². The number of carbonyl (C=O) groups is 1. The fourth-order valence-corrected chi connectivity index (χ4v) is 3.10. The lowest BCUT2D eigenvalue weighted by Crippen LogP contribution is -2.47. The Balaban J connectivity index is 1.72. The van der Waals surface area contributed by atoms with Gasteiger partial charge in [0, 0.05) is 31.1 Å². The lowest BCUT2D eigenvalue weighted by atomic mass is 10.1. The number of nitrogens with zero attached hydrogens (tertiary/aromatic N) is 2. The van der Waals surface area contributed by atoms with Gasteiger partial charge in [-0.2, -0.15) is 0 Å². The molecule has 19 heavy (non-hydrogen) atoms. The van der Waals surface area contributed by atoms with Gasteiger partial charge in [0.15, 0.2) is 0 Å². The Morgan fingerprint density at radius 2 is 2.47 bits per heavy atom. The van der Waals surface area contributed by atoms with Crippen LogP contribution in [0.15, 0.2) is 24.4 Å². The molecular formula is C14H21N3OS. The largest absolute Gasteiger partial charge is 0.340 e. The third-order valence-corrected chi connectivity index (χ3v) is 4.33.